The van der Waals surface area contributed by atoms with Crippen molar-refractivity contribution in [1.29, 1.82) is 0 Å². The number of carbonyl (C=O) groups is 1. The molecule has 2 heterocycles. The summed E-state index contributed by atoms with van der Waals surface area (Å²) in [5, 5.41) is 9.20. The summed E-state index contributed by atoms with van der Waals surface area (Å²) in [4.78, 5) is 15.6. The number of para-hydroxylation sites is 1. The maximum Gasteiger partial charge on any atom is 0.320 e. The quantitative estimate of drug-likeness (QED) is 0.364. The highest BCUT2D eigenvalue weighted by molar-refractivity contribution is 9.10. The minimum Gasteiger partial charge on any atom is -0.383 e. The van der Waals surface area contributed by atoms with Gasteiger partial charge in [0.2, 0.25) is 10.0 Å². The van der Waals surface area contributed by atoms with Crippen LogP contribution in [0.4, 0.5) is 16.3 Å². The largest absolute Gasteiger partial charge is 0.383 e. The topological polar surface area (TPSA) is 106 Å². The molecule has 0 saturated carbocycles. The van der Waals surface area contributed by atoms with Crippen LogP contribution in [0.25, 0.3) is 10.9 Å². The van der Waals surface area contributed by atoms with Crippen LogP contribution in [-0.2, 0) is 10.0 Å². The first-order valence-corrected chi connectivity index (χ1v) is 12.3. The summed E-state index contributed by atoms with van der Waals surface area (Å²) >= 11 is 3.41. The Hall–Kier alpha value is -2.56. The van der Waals surface area contributed by atoms with E-state index in [1.807, 2.05) is 36.4 Å². The fourth-order valence-corrected chi connectivity index (χ4v) is 5.81. The maximum absolute atomic E-state index is 13.3. The molecule has 1 aromatic heterocycles. The number of fused-ring (bicyclic) bond motifs is 1. The predicted molar refractivity (Wildman–Crippen MR) is 126 cm³/mol. The van der Waals surface area contributed by atoms with Gasteiger partial charge in [0.25, 0.3) is 0 Å². The van der Waals surface area contributed by atoms with E-state index in [4.69, 9.17) is 0 Å². The Morgan fingerprint density at radius 3 is 2.55 bits per heavy atom. The van der Waals surface area contributed by atoms with E-state index < -0.39 is 16.1 Å². The third kappa shape index (κ3) is 4.86. The summed E-state index contributed by atoms with van der Waals surface area (Å²) in [5.74, 6) is 0.175. The number of nitrogens with zero attached hydrogens (tertiary/aromatic N) is 1. The number of hydrogen-bond donors (Lipinski definition) is 4. The summed E-state index contributed by atoms with van der Waals surface area (Å²) in [6, 6.07) is 14.6. The van der Waals surface area contributed by atoms with Gasteiger partial charge in [0, 0.05) is 47.2 Å². The first-order chi connectivity index (χ1) is 14.9. The number of H-pyrrole nitrogens is 1. The van der Waals surface area contributed by atoms with Gasteiger partial charge in [0.15, 0.2) is 0 Å². The fraction of sp³-hybridized carbons (Fsp3) is 0.286. The average Bonchev–Trinajstić information content (AvgIpc) is 3.40. The lowest BCUT2D eigenvalue weighted by molar-refractivity contribution is 0.252. The molecule has 1 aliphatic heterocycles. The van der Waals surface area contributed by atoms with Crippen LogP contribution in [-0.4, -0.2) is 49.9 Å². The van der Waals surface area contributed by atoms with Crippen LogP contribution in [0.5, 0.6) is 0 Å². The molecule has 4 N–H and O–H groups in total. The zero-order chi connectivity index (χ0) is 21.8. The Balaban J connectivity index is 1.51. The number of amides is 2. The summed E-state index contributed by atoms with van der Waals surface area (Å²) in [6.45, 7) is 1.89. The van der Waals surface area contributed by atoms with Crippen molar-refractivity contribution in [2.24, 2.45) is 0 Å². The van der Waals surface area contributed by atoms with E-state index >= 15 is 0 Å². The molecule has 2 amide bonds. The highest BCUT2D eigenvalue weighted by atomic mass is 79.9. The van der Waals surface area contributed by atoms with Crippen molar-refractivity contribution in [1.82, 2.24) is 14.6 Å². The lowest BCUT2D eigenvalue weighted by Crippen LogP contribution is -2.34. The van der Waals surface area contributed by atoms with Crippen LogP contribution in [0.15, 0.2) is 57.9 Å². The summed E-state index contributed by atoms with van der Waals surface area (Å²) in [5.41, 5.74) is 1.60. The minimum atomic E-state index is -3.75. The summed E-state index contributed by atoms with van der Waals surface area (Å²) in [7, 11) is -3.75. The normalized spacial score (nSPS) is 14.6. The Bertz CT molecular complexity index is 1170. The van der Waals surface area contributed by atoms with Crippen LogP contribution in [0.3, 0.4) is 0 Å². The Morgan fingerprint density at radius 1 is 1.06 bits per heavy atom. The van der Waals surface area contributed by atoms with Crippen molar-refractivity contribution >= 4 is 54.4 Å². The maximum atomic E-state index is 13.3. The smallest absolute Gasteiger partial charge is 0.320 e. The number of aromatic nitrogens is 1. The molecular formula is C21H24BrN5O3S. The predicted octanol–water partition coefficient (Wildman–Crippen LogP) is 3.95. The first-order valence-electron chi connectivity index (χ1n) is 10.1. The van der Waals surface area contributed by atoms with Gasteiger partial charge in [0.1, 0.15) is 10.7 Å². The molecule has 4 rings (SSSR count). The van der Waals surface area contributed by atoms with Crippen molar-refractivity contribution in [2.75, 3.05) is 36.8 Å². The van der Waals surface area contributed by atoms with Gasteiger partial charge >= 0.3 is 6.03 Å². The van der Waals surface area contributed by atoms with Crippen molar-refractivity contribution in [3.05, 3.63) is 53.0 Å². The number of anilines is 2. The summed E-state index contributed by atoms with van der Waals surface area (Å²) < 4.78 is 28.9. The molecule has 2 aromatic carbocycles. The zero-order valence-corrected chi connectivity index (χ0v) is 19.2. The van der Waals surface area contributed by atoms with Crippen LogP contribution < -0.4 is 16.0 Å². The van der Waals surface area contributed by atoms with E-state index in [0.717, 1.165) is 23.0 Å². The molecule has 8 nitrogen and oxygen atoms in total. The fourth-order valence-electron chi connectivity index (χ4n) is 3.65. The lowest BCUT2D eigenvalue weighted by Gasteiger charge is -2.17. The molecule has 10 heteroatoms. The average molecular weight is 506 g/mol. The Kier molecular flexibility index (Phi) is 6.49. The van der Waals surface area contributed by atoms with E-state index in [2.05, 4.69) is 36.9 Å². The lowest BCUT2D eigenvalue weighted by atomic mass is 10.2. The second-order valence-corrected chi connectivity index (χ2v) is 10.1. The number of rotatable bonds is 7. The third-order valence-electron chi connectivity index (χ3n) is 5.13. The molecule has 0 unspecified atom stereocenters. The van der Waals surface area contributed by atoms with E-state index in [0.29, 0.717) is 37.1 Å². The van der Waals surface area contributed by atoms with E-state index in [9.17, 15) is 13.2 Å². The number of halogens is 1. The number of nitrogens with one attached hydrogen (secondary N) is 4. The van der Waals surface area contributed by atoms with Crippen molar-refractivity contribution in [3.8, 4) is 0 Å². The van der Waals surface area contributed by atoms with Gasteiger partial charge in [-0.25, -0.2) is 13.2 Å². The molecule has 0 spiro atoms. The molecule has 1 fully saturated rings. The summed E-state index contributed by atoms with van der Waals surface area (Å²) in [6.07, 6.45) is 1.67. The van der Waals surface area contributed by atoms with Crippen LogP contribution in [0.1, 0.15) is 12.8 Å². The van der Waals surface area contributed by atoms with Gasteiger partial charge in [-0.3, -0.25) is 5.32 Å². The number of benzene rings is 2. The number of carbonyl (C=O) groups excluding carboxylic acids is 1. The first kappa shape index (κ1) is 21.7. The minimum absolute atomic E-state index is 0.100. The van der Waals surface area contributed by atoms with Gasteiger partial charge in [-0.05, 0) is 43.2 Å². The molecule has 3 aromatic rings. The molecule has 0 radical (unpaired) electrons. The number of urea groups is 1. The third-order valence-corrected chi connectivity index (χ3v) is 7.61. The van der Waals surface area contributed by atoms with Gasteiger partial charge in [-0.2, -0.15) is 4.31 Å². The molecule has 0 aliphatic carbocycles. The van der Waals surface area contributed by atoms with Gasteiger partial charge in [-0.15, -0.1) is 0 Å². The number of aromatic amines is 1. The second kappa shape index (κ2) is 9.29. The van der Waals surface area contributed by atoms with E-state index in [-0.39, 0.29) is 10.7 Å². The molecule has 164 valence electrons. The second-order valence-electron chi connectivity index (χ2n) is 7.30. The van der Waals surface area contributed by atoms with Gasteiger partial charge in [-0.1, -0.05) is 34.1 Å². The van der Waals surface area contributed by atoms with Crippen molar-refractivity contribution in [3.63, 3.8) is 0 Å². The monoisotopic (exact) mass is 505 g/mol. The van der Waals surface area contributed by atoms with E-state index in [1.165, 1.54) is 4.31 Å². The molecular weight excluding hydrogens is 482 g/mol. The van der Waals surface area contributed by atoms with Crippen LogP contribution >= 0.6 is 15.9 Å². The molecule has 0 bridgehead atoms. The molecule has 1 saturated heterocycles. The number of sulfonamides is 1. The Morgan fingerprint density at radius 2 is 1.81 bits per heavy atom. The van der Waals surface area contributed by atoms with E-state index in [1.54, 1.807) is 12.1 Å². The zero-order valence-electron chi connectivity index (χ0n) is 16.8. The van der Waals surface area contributed by atoms with Gasteiger partial charge < -0.3 is 15.6 Å². The molecule has 0 atom stereocenters. The SMILES string of the molecule is O=C(NCCNc1ccccc1)Nc1[nH]c2ccc(Br)cc2c1S(=O)(=O)N1CCCC1. The van der Waals surface area contributed by atoms with Crippen molar-refractivity contribution < 1.29 is 13.2 Å². The standard InChI is InChI=1S/C21H24BrN5O3S/c22-15-8-9-18-17(14-15)19(31(29,30)27-12-4-5-13-27)20(25-18)26-21(28)24-11-10-23-16-6-2-1-3-7-16/h1-3,6-9,14,23,25H,4-5,10-13H2,(H2,24,26,28). The van der Waals surface area contributed by atoms with Gasteiger partial charge in [0.05, 0.1) is 0 Å². The Labute approximate surface area is 189 Å². The molecule has 31 heavy (non-hydrogen) atoms. The highest BCUT2D eigenvalue weighted by Gasteiger charge is 2.33. The van der Waals surface area contributed by atoms with Crippen LogP contribution in [0, 0.1) is 0 Å². The van der Waals surface area contributed by atoms with Crippen molar-refractivity contribution in [2.45, 2.75) is 17.7 Å². The number of hydrogen-bond acceptors (Lipinski definition) is 4. The molecule has 1 aliphatic rings. The highest BCUT2D eigenvalue weighted by Crippen LogP contribution is 2.35. The van der Waals surface area contributed by atoms with Crippen LogP contribution in [0.2, 0.25) is 0 Å².